The van der Waals surface area contributed by atoms with E-state index in [1.807, 2.05) is 13.8 Å². The first kappa shape index (κ1) is 11.3. The van der Waals surface area contributed by atoms with Crippen molar-refractivity contribution in [2.75, 3.05) is 18.5 Å². The van der Waals surface area contributed by atoms with Crippen LogP contribution in [0.5, 0.6) is 0 Å². The van der Waals surface area contributed by atoms with E-state index in [2.05, 4.69) is 10.3 Å². The second kappa shape index (κ2) is 4.18. The smallest absolute Gasteiger partial charge is 0.287 e. The van der Waals surface area contributed by atoms with Gasteiger partial charge in [0.2, 0.25) is 0 Å². The molecular weight excluding hydrogens is 210 g/mol. The molecule has 0 radical (unpaired) electrons. The van der Waals surface area contributed by atoms with E-state index in [0.29, 0.717) is 5.13 Å². The van der Waals surface area contributed by atoms with Crippen LogP contribution >= 0.6 is 11.3 Å². The topological polar surface area (TPSA) is 45.2 Å². The molecule has 0 aliphatic rings. The predicted molar refractivity (Wildman–Crippen MR) is 52.1 cm³/mol. The van der Waals surface area contributed by atoms with Gasteiger partial charge in [-0.3, -0.25) is 0 Å². The molecule has 2 N–H and O–H groups in total. The summed E-state index contributed by atoms with van der Waals surface area (Å²) in [6.07, 6.45) is 0. The highest BCUT2D eigenvalue weighted by atomic mass is 32.1. The minimum atomic E-state index is -3.09. The molecule has 0 atom stereocenters. The Kier molecular flexibility index (Phi) is 3.38. The molecule has 1 heterocycles. The zero-order valence-corrected chi connectivity index (χ0v) is 8.79. The SMILES string of the molecule is Cc1nc(NCC(F)(F)CO)sc1C. The number of aliphatic hydroxyl groups is 1. The summed E-state index contributed by atoms with van der Waals surface area (Å²) in [5.41, 5.74) is 0.838. The van der Waals surface area contributed by atoms with Crippen LogP contribution in [0.3, 0.4) is 0 Å². The van der Waals surface area contributed by atoms with Gasteiger partial charge in [-0.2, -0.15) is 0 Å². The fraction of sp³-hybridized carbons (Fsp3) is 0.625. The van der Waals surface area contributed by atoms with Crippen LogP contribution in [0.2, 0.25) is 0 Å². The Hall–Kier alpha value is -0.750. The van der Waals surface area contributed by atoms with Crippen LogP contribution < -0.4 is 5.32 Å². The number of thiazole rings is 1. The molecule has 1 aromatic rings. The number of anilines is 1. The van der Waals surface area contributed by atoms with Gasteiger partial charge in [0.25, 0.3) is 5.92 Å². The summed E-state index contributed by atoms with van der Waals surface area (Å²) in [6, 6.07) is 0. The van der Waals surface area contributed by atoms with Crippen molar-refractivity contribution in [2.45, 2.75) is 19.8 Å². The average molecular weight is 222 g/mol. The summed E-state index contributed by atoms with van der Waals surface area (Å²) in [5.74, 6) is -3.09. The number of hydrogen-bond donors (Lipinski definition) is 2. The van der Waals surface area contributed by atoms with E-state index < -0.39 is 19.1 Å². The van der Waals surface area contributed by atoms with E-state index in [0.717, 1.165) is 10.6 Å². The van der Waals surface area contributed by atoms with Crippen molar-refractivity contribution in [1.82, 2.24) is 4.98 Å². The van der Waals surface area contributed by atoms with Gasteiger partial charge in [-0.05, 0) is 13.8 Å². The van der Waals surface area contributed by atoms with Crippen LogP contribution in [0.4, 0.5) is 13.9 Å². The lowest BCUT2D eigenvalue weighted by Gasteiger charge is -2.12. The van der Waals surface area contributed by atoms with E-state index in [9.17, 15) is 8.78 Å². The lowest BCUT2D eigenvalue weighted by atomic mass is 10.3. The molecule has 3 nitrogen and oxygen atoms in total. The van der Waals surface area contributed by atoms with E-state index >= 15 is 0 Å². The van der Waals surface area contributed by atoms with Crippen molar-refractivity contribution in [2.24, 2.45) is 0 Å². The molecule has 0 aliphatic heterocycles. The van der Waals surface area contributed by atoms with Crippen molar-refractivity contribution >= 4 is 16.5 Å². The predicted octanol–water partition coefficient (Wildman–Crippen LogP) is 1.80. The van der Waals surface area contributed by atoms with E-state index in [-0.39, 0.29) is 0 Å². The third-order valence-corrected chi connectivity index (χ3v) is 2.79. The maximum atomic E-state index is 12.6. The lowest BCUT2D eigenvalue weighted by molar-refractivity contribution is -0.0372. The minimum Gasteiger partial charge on any atom is -0.390 e. The highest BCUT2D eigenvalue weighted by Gasteiger charge is 2.27. The maximum Gasteiger partial charge on any atom is 0.287 e. The van der Waals surface area contributed by atoms with E-state index in [1.54, 1.807) is 0 Å². The number of rotatable bonds is 4. The molecule has 0 bridgehead atoms. The van der Waals surface area contributed by atoms with Crippen LogP contribution in [0.1, 0.15) is 10.6 Å². The van der Waals surface area contributed by atoms with Crippen LogP contribution in [-0.2, 0) is 0 Å². The summed E-state index contributed by atoms with van der Waals surface area (Å²) in [7, 11) is 0. The summed E-state index contributed by atoms with van der Waals surface area (Å²) < 4.78 is 25.2. The van der Waals surface area contributed by atoms with Crippen molar-refractivity contribution < 1.29 is 13.9 Å². The molecule has 0 unspecified atom stereocenters. The fourth-order valence-electron chi connectivity index (χ4n) is 0.809. The molecular formula is C8H12F2N2OS. The molecule has 0 aliphatic carbocycles. The molecule has 0 spiro atoms. The molecule has 1 aromatic heterocycles. The van der Waals surface area contributed by atoms with Crippen LogP contribution in [-0.4, -0.2) is 29.2 Å². The summed E-state index contributed by atoms with van der Waals surface area (Å²) in [6.45, 7) is 1.96. The number of aryl methyl sites for hydroxylation is 2. The average Bonchev–Trinajstić information content (AvgIpc) is 2.44. The van der Waals surface area contributed by atoms with Crippen LogP contribution in [0.15, 0.2) is 0 Å². The number of halogens is 2. The van der Waals surface area contributed by atoms with Gasteiger partial charge in [-0.25, -0.2) is 13.8 Å². The molecule has 1 rings (SSSR count). The minimum absolute atomic E-state index is 0.466. The van der Waals surface area contributed by atoms with Gasteiger partial charge in [0.15, 0.2) is 5.13 Å². The first-order valence-corrected chi connectivity index (χ1v) is 4.93. The first-order chi connectivity index (χ1) is 6.44. The molecule has 0 aromatic carbocycles. The number of hydrogen-bond acceptors (Lipinski definition) is 4. The summed E-state index contributed by atoms with van der Waals surface area (Å²) in [4.78, 5) is 5.04. The Labute approximate surface area is 84.8 Å². The Balaban J connectivity index is 2.54. The number of nitrogens with zero attached hydrogens (tertiary/aromatic N) is 1. The Morgan fingerprint density at radius 3 is 2.57 bits per heavy atom. The Morgan fingerprint density at radius 2 is 2.14 bits per heavy atom. The van der Waals surface area contributed by atoms with Gasteiger partial charge in [0, 0.05) is 4.88 Å². The van der Waals surface area contributed by atoms with Crippen molar-refractivity contribution in [3.63, 3.8) is 0 Å². The molecule has 6 heteroatoms. The zero-order valence-electron chi connectivity index (χ0n) is 7.97. The number of aromatic nitrogens is 1. The summed E-state index contributed by atoms with van der Waals surface area (Å²) in [5, 5.41) is 11.3. The zero-order chi connectivity index (χ0) is 10.8. The van der Waals surface area contributed by atoms with E-state index in [1.165, 1.54) is 11.3 Å². The second-order valence-electron chi connectivity index (χ2n) is 3.03. The third-order valence-electron chi connectivity index (χ3n) is 1.76. The number of nitrogens with one attached hydrogen (secondary N) is 1. The highest BCUT2D eigenvalue weighted by Crippen LogP contribution is 2.22. The Bertz CT molecular complexity index is 295. The molecule has 0 fully saturated rings. The maximum absolute atomic E-state index is 12.6. The third kappa shape index (κ3) is 2.88. The van der Waals surface area contributed by atoms with Gasteiger partial charge >= 0.3 is 0 Å². The lowest BCUT2D eigenvalue weighted by Crippen LogP contribution is -2.30. The van der Waals surface area contributed by atoms with Gasteiger partial charge in [0.05, 0.1) is 12.2 Å². The van der Waals surface area contributed by atoms with Crippen LogP contribution in [0, 0.1) is 13.8 Å². The molecule has 14 heavy (non-hydrogen) atoms. The second-order valence-corrected chi connectivity index (χ2v) is 4.23. The summed E-state index contributed by atoms with van der Waals surface area (Å²) >= 11 is 1.33. The van der Waals surface area contributed by atoms with Crippen molar-refractivity contribution in [3.05, 3.63) is 10.6 Å². The van der Waals surface area contributed by atoms with E-state index in [4.69, 9.17) is 5.11 Å². The standard InChI is InChI=1S/C8H12F2N2OS/c1-5-6(2)14-7(12-5)11-3-8(9,10)4-13/h13H,3-4H2,1-2H3,(H,11,12). The van der Waals surface area contributed by atoms with Crippen LogP contribution in [0.25, 0.3) is 0 Å². The molecule has 0 saturated carbocycles. The first-order valence-electron chi connectivity index (χ1n) is 4.11. The van der Waals surface area contributed by atoms with Crippen molar-refractivity contribution in [3.8, 4) is 0 Å². The monoisotopic (exact) mass is 222 g/mol. The van der Waals surface area contributed by atoms with Gasteiger partial charge < -0.3 is 10.4 Å². The fourth-order valence-corrected chi connectivity index (χ4v) is 1.62. The molecule has 0 saturated heterocycles. The normalized spacial score (nSPS) is 11.8. The largest absolute Gasteiger partial charge is 0.390 e. The van der Waals surface area contributed by atoms with Gasteiger partial charge in [0.1, 0.15) is 6.61 Å². The Morgan fingerprint density at radius 1 is 1.50 bits per heavy atom. The molecule has 80 valence electrons. The van der Waals surface area contributed by atoms with Gasteiger partial charge in [-0.1, -0.05) is 0 Å². The van der Waals surface area contributed by atoms with Gasteiger partial charge in [-0.15, -0.1) is 11.3 Å². The molecule has 0 amide bonds. The highest BCUT2D eigenvalue weighted by molar-refractivity contribution is 7.15. The number of aliphatic hydroxyl groups excluding tert-OH is 1. The quantitative estimate of drug-likeness (QED) is 0.816. The number of alkyl halides is 2. The van der Waals surface area contributed by atoms with Crippen molar-refractivity contribution in [1.29, 1.82) is 0 Å².